The molecule has 0 radical (unpaired) electrons. The van der Waals surface area contributed by atoms with E-state index in [0.717, 1.165) is 0 Å². The summed E-state index contributed by atoms with van der Waals surface area (Å²) in [6.07, 6.45) is 0.976. The molecule has 0 aromatic heterocycles. The van der Waals surface area contributed by atoms with E-state index in [1.54, 1.807) is 11.9 Å². The highest BCUT2D eigenvalue weighted by molar-refractivity contribution is 6.64. The fourth-order valence-electron chi connectivity index (χ4n) is 1.14. The van der Waals surface area contributed by atoms with Crippen molar-refractivity contribution in [2.24, 2.45) is 5.92 Å². The molecule has 0 aromatic carbocycles. The van der Waals surface area contributed by atoms with E-state index in [1.165, 1.54) is 0 Å². The number of rotatable bonds is 1. The lowest BCUT2D eigenvalue weighted by Gasteiger charge is -2.26. The van der Waals surface area contributed by atoms with Gasteiger partial charge in [-0.15, -0.1) is 0 Å². The molecule has 3 nitrogen and oxygen atoms in total. The maximum Gasteiger partial charge on any atom is 0.225 e. The summed E-state index contributed by atoms with van der Waals surface area (Å²) in [6, 6.07) is 0. The summed E-state index contributed by atoms with van der Waals surface area (Å²) in [6.45, 7) is 0.641. The number of likely N-dealkylation sites (tertiary alicyclic amines) is 1. The predicted molar refractivity (Wildman–Crippen MR) is 41.2 cm³/mol. The van der Waals surface area contributed by atoms with Crippen LogP contribution < -0.4 is 0 Å². The number of carbonyl (C=O) groups excluding carboxylic acids is 2. The van der Waals surface area contributed by atoms with E-state index >= 15 is 0 Å². The zero-order chi connectivity index (χ0) is 8.43. The Kier molecular flexibility index (Phi) is 2.49. The van der Waals surface area contributed by atoms with Crippen LogP contribution in [0.1, 0.15) is 12.8 Å². The largest absolute Gasteiger partial charge is 0.346 e. The van der Waals surface area contributed by atoms with Gasteiger partial charge in [0.1, 0.15) is 0 Å². The van der Waals surface area contributed by atoms with Crippen molar-refractivity contribution in [2.75, 3.05) is 13.6 Å². The van der Waals surface area contributed by atoms with E-state index in [-0.39, 0.29) is 23.5 Å². The van der Waals surface area contributed by atoms with Gasteiger partial charge in [-0.2, -0.15) is 0 Å². The predicted octanol–water partition coefficient (Wildman–Crippen LogP) is 0.620. The lowest BCUT2D eigenvalue weighted by Crippen LogP contribution is -2.37. The van der Waals surface area contributed by atoms with Gasteiger partial charge in [-0.3, -0.25) is 9.59 Å². The van der Waals surface area contributed by atoms with Crippen LogP contribution in [-0.4, -0.2) is 29.6 Å². The number of carbonyl (C=O) groups is 2. The lowest BCUT2D eigenvalue weighted by atomic mass is 9.98. The maximum absolute atomic E-state index is 11.0. The van der Waals surface area contributed by atoms with Gasteiger partial charge in [-0.05, 0) is 18.0 Å². The number of hydrogen-bond donors (Lipinski definition) is 0. The zero-order valence-electron chi connectivity index (χ0n) is 6.34. The Bertz CT molecular complexity index is 193. The van der Waals surface area contributed by atoms with Gasteiger partial charge in [-0.1, -0.05) is 0 Å². The van der Waals surface area contributed by atoms with E-state index in [2.05, 4.69) is 0 Å². The molecule has 0 saturated carbocycles. The van der Waals surface area contributed by atoms with Crippen LogP contribution in [0.5, 0.6) is 0 Å². The van der Waals surface area contributed by atoms with Crippen molar-refractivity contribution >= 4 is 22.8 Å². The topological polar surface area (TPSA) is 37.4 Å². The Hall–Kier alpha value is -0.570. The van der Waals surface area contributed by atoms with Crippen molar-refractivity contribution in [1.82, 2.24) is 4.90 Å². The van der Waals surface area contributed by atoms with E-state index in [1.807, 2.05) is 0 Å². The molecule has 0 aliphatic carbocycles. The first kappa shape index (κ1) is 8.53. The Morgan fingerprint density at radius 2 is 2.36 bits per heavy atom. The molecule has 1 aliphatic heterocycles. The van der Waals surface area contributed by atoms with Crippen LogP contribution in [0.3, 0.4) is 0 Å². The molecule has 1 amide bonds. The van der Waals surface area contributed by atoms with Crippen LogP contribution in [0.2, 0.25) is 0 Å². The van der Waals surface area contributed by atoms with Crippen molar-refractivity contribution in [3.05, 3.63) is 0 Å². The first-order valence-corrected chi connectivity index (χ1v) is 3.92. The van der Waals surface area contributed by atoms with Crippen molar-refractivity contribution in [3.8, 4) is 0 Å². The number of amides is 1. The van der Waals surface area contributed by atoms with Crippen LogP contribution in [0.25, 0.3) is 0 Å². The molecular weight excluding hydrogens is 166 g/mol. The highest BCUT2D eigenvalue weighted by atomic mass is 35.5. The van der Waals surface area contributed by atoms with Gasteiger partial charge in [0.2, 0.25) is 11.1 Å². The standard InChI is InChI=1S/C7H10ClNO2/c1-9-3-2-5(7(8)11)4-6(9)10/h5H,2-4H2,1H3/t5-/m1/s1. The fraction of sp³-hybridized carbons (Fsp3) is 0.714. The van der Waals surface area contributed by atoms with Crippen LogP contribution in [0.4, 0.5) is 0 Å². The molecule has 1 heterocycles. The molecule has 1 saturated heterocycles. The molecule has 1 aliphatic rings. The SMILES string of the molecule is CN1CC[C@@H](C(=O)Cl)CC1=O. The molecule has 11 heavy (non-hydrogen) atoms. The number of piperidine rings is 1. The molecule has 4 heteroatoms. The van der Waals surface area contributed by atoms with Crippen molar-refractivity contribution < 1.29 is 9.59 Å². The smallest absolute Gasteiger partial charge is 0.225 e. The summed E-state index contributed by atoms with van der Waals surface area (Å²) in [5.41, 5.74) is 0. The third-order valence-electron chi connectivity index (χ3n) is 1.98. The van der Waals surface area contributed by atoms with Gasteiger partial charge in [-0.25, -0.2) is 0 Å². The third-order valence-corrected chi connectivity index (χ3v) is 2.29. The average molecular weight is 176 g/mol. The Morgan fingerprint density at radius 3 is 2.82 bits per heavy atom. The molecule has 1 fully saturated rings. The molecule has 1 rings (SSSR count). The molecule has 62 valence electrons. The van der Waals surface area contributed by atoms with Crippen LogP contribution in [0.15, 0.2) is 0 Å². The van der Waals surface area contributed by atoms with Gasteiger partial charge in [0.15, 0.2) is 0 Å². The van der Waals surface area contributed by atoms with Crippen molar-refractivity contribution in [1.29, 1.82) is 0 Å². The van der Waals surface area contributed by atoms with Crippen LogP contribution in [-0.2, 0) is 9.59 Å². The van der Waals surface area contributed by atoms with E-state index < -0.39 is 0 Å². The highest BCUT2D eigenvalue weighted by Gasteiger charge is 2.27. The molecule has 1 atom stereocenters. The minimum atomic E-state index is -0.383. The maximum atomic E-state index is 11.0. The molecule has 0 bridgehead atoms. The number of halogens is 1. The van der Waals surface area contributed by atoms with Gasteiger partial charge in [0, 0.05) is 25.9 Å². The summed E-state index contributed by atoms with van der Waals surface area (Å²) < 4.78 is 0. The second kappa shape index (κ2) is 3.22. The van der Waals surface area contributed by atoms with Crippen molar-refractivity contribution in [3.63, 3.8) is 0 Å². The summed E-state index contributed by atoms with van der Waals surface area (Å²) >= 11 is 5.26. The third kappa shape index (κ3) is 1.93. The molecule has 0 spiro atoms. The molecule has 0 aromatic rings. The normalized spacial score (nSPS) is 25.5. The summed E-state index contributed by atoms with van der Waals surface area (Å²) in [7, 11) is 1.73. The fourth-order valence-corrected chi connectivity index (χ4v) is 1.32. The van der Waals surface area contributed by atoms with E-state index in [4.69, 9.17) is 11.6 Å². The minimum absolute atomic E-state index is 0.00949. The minimum Gasteiger partial charge on any atom is -0.346 e. The van der Waals surface area contributed by atoms with Crippen LogP contribution in [0, 0.1) is 5.92 Å². The molecular formula is C7H10ClNO2. The Balaban J connectivity index is 2.53. The molecule has 0 unspecified atom stereocenters. The molecule has 0 N–H and O–H groups in total. The quantitative estimate of drug-likeness (QED) is 0.548. The van der Waals surface area contributed by atoms with Gasteiger partial charge in [0.05, 0.1) is 0 Å². The number of hydrogen-bond acceptors (Lipinski definition) is 2. The van der Waals surface area contributed by atoms with Gasteiger partial charge in [0.25, 0.3) is 0 Å². The Labute approximate surface area is 70.3 Å². The average Bonchev–Trinajstić information content (AvgIpc) is 1.94. The van der Waals surface area contributed by atoms with Gasteiger partial charge >= 0.3 is 0 Å². The number of nitrogens with zero attached hydrogens (tertiary/aromatic N) is 1. The summed E-state index contributed by atoms with van der Waals surface area (Å²) in [5.74, 6) is -0.240. The first-order chi connectivity index (χ1) is 5.11. The van der Waals surface area contributed by atoms with Gasteiger partial charge < -0.3 is 4.90 Å². The Morgan fingerprint density at radius 1 is 1.73 bits per heavy atom. The summed E-state index contributed by atoms with van der Waals surface area (Å²) in [5, 5.41) is -0.383. The lowest BCUT2D eigenvalue weighted by molar-refractivity contribution is -0.136. The second-order valence-corrected chi connectivity index (χ2v) is 3.18. The van der Waals surface area contributed by atoms with Crippen LogP contribution >= 0.6 is 11.6 Å². The zero-order valence-corrected chi connectivity index (χ0v) is 7.10. The van der Waals surface area contributed by atoms with Crippen molar-refractivity contribution in [2.45, 2.75) is 12.8 Å². The van der Waals surface area contributed by atoms with E-state index in [0.29, 0.717) is 13.0 Å². The van der Waals surface area contributed by atoms with E-state index in [9.17, 15) is 9.59 Å². The second-order valence-electron chi connectivity index (χ2n) is 2.81. The summed E-state index contributed by atoms with van der Waals surface area (Å²) in [4.78, 5) is 23.3. The first-order valence-electron chi connectivity index (χ1n) is 3.54. The monoisotopic (exact) mass is 175 g/mol. The highest BCUT2D eigenvalue weighted by Crippen LogP contribution is 2.19.